The first kappa shape index (κ1) is 16.4. The summed E-state index contributed by atoms with van der Waals surface area (Å²) in [5.74, 6) is 0. The van der Waals surface area contributed by atoms with Crippen LogP contribution < -0.4 is 0 Å². The number of rotatable bonds is 3. The Morgan fingerprint density at radius 1 is 1.08 bits per heavy atom. The highest BCUT2D eigenvalue weighted by Gasteiger charge is 2.29. The second-order valence-corrected chi connectivity index (χ2v) is 8.30. The maximum Gasteiger partial charge on any atom is 0.297 e. The molecule has 0 saturated heterocycles. The Hall–Kier alpha value is -2.11. The molecule has 1 aliphatic carbocycles. The number of fused-ring (bicyclic) bond motifs is 3. The molecule has 4 rings (SSSR count). The Balaban J connectivity index is 1.63. The van der Waals surface area contributed by atoms with Crippen LogP contribution in [0.15, 0.2) is 53.4 Å². The molecule has 0 fully saturated rings. The van der Waals surface area contributed by atoms with E-state index in [0.717, 1.165) is 12.0 Å². The lowest BCUT2D eigenvalue weighted by Crippen LogP contribution is -2.26. The van der Waals surface area contributed by atoms with E-state index in [2.05, 4.69) is 23.7 Å². The molecule has 1 aliphatic rings. The zero-order chi connectivity index (χ0) is 17.6. The maximum atomic E-state index is 12.6. The fourth-order valence-electron chi connectivity index (χ4n) is 3.72. The minimum atomic E-state index is -3.73. The fourth-order valence-corrected chi connectivity index (χ4v) is 4.82. The van der Waals surface area contributed by atoms with Gasteiger partial charge >= 0.3 is 0 Å². The van der Waals surface area contributed by atoms with E-state index in [4.69, 9.17) is 4.18 Å². The standard InChI is InChI=1S/C20H21NO3S/c1-14-7-10-16(11-8-14)25(22,23)24-15-9-12-20-18(13-15)17-5-3-4-6-19(17)21(20)2/h3-8,10-11,15H,9,12-13H2,1-2H3. The summed E-state index contributed by atoms with van der Waals surface area (Å²) in [4.78, 5) is 0.224. The molecule has 1 aromatic heterocycles. The van der Waals surface area contributed by atoms with Crippen molar-refractivity contribution in [2.24, 2.45) is 7.05 Å². The van der Waals surface area contributed by atoms with Crippen molar-refractivity contribution in [2.75, 3.05) is 0 Å². The lowest BCUT2D eigenvalue weighted by Gasteiger charge is -2.23. The largest absolute Gasteiger partial charge is 0.347 e. The van der Waals surface area contributed by atoms with Gasteiger partial charge in [0.1, 0.15) is 0 Å². The van der Waals surface area contributed by atoms with Gasteiger partial charge in [0, 0.05) is 30.1 Å². The third kappa shape index (κ3) is 2.87. The van der Waals surface area contributed by atoms with E-state index >= 15 is 0 Å². The van der Waals surface area contributed by atoms with Gasteiger partial charge in [-0.25, -0.2) is 0 Å². The molecular weight excluding hydrogens is 334 g/mol. The third-order valence-electron chi connectivity index (χ3n) is 5.05. The molecule has 1 atom stereocenters. The van der Waals surface area contributed by atoms with Gasteiger partial charge in [-0.1, -0.05) is 35.9 Å². The molecule has 0 N–H and O–H groups in total. The van der Waals surface area contributed by atoms with Crippen LogP contribution in [0.2, 0.25) is 0 Å². The number of aromatic nitrogens is 1. The summed E-state index contributed by atoms with van der Waals surface area (Å²) in [6.45, 7) is 1.93. The van der Waals surface area contributed by atoms with Gasteiger partial charge in [-0.15, -0.1) is 0 Å². The van der Waals surface area contributed by atoms with Gasteiger partial charge in [-0.2, -0.15) is 8.42 Å². The SMILES string of the molecule is Cc1ccc(S(=O)(=O)OC2CCc3c(c4ccccc4n3C)C2)cc1. The zero-order valence-electron chi connectivity index (χ0n) is 14.4. The van der Waals surface area contributed by atoms with Gasteiger partial charge in [0.25, 0.3) is 10.1 Å². The Bertz CT molecular complexity index is 1030. The highest BCUT2D eigenvalue weighted by atomic mass is 32.2. The molecule has 0 radical (unpaired) electrons. The van der Waals surface area contributed by atoms with Crippen molar-refractivity contribution in [1.82, 2.24) is 4.57 Å². The number of hydrogen-bond acceptors (Lipinski definition) is 3. The van der Waals surface area contributed by atoms with Crippen LogP contribution in [-0.2, 0) is 34.2 Å². The molecule has 0 bridgehead atoms. The van der Waals surface area contributed by atoms with Crippen molar-refractivity contribution in [3.8, 4) is 0 Å². The van der Waals surface area contributed by atoms with E-state index in [9.17, 15) is 8.42 Å². The van der Waals surface area contributed by atoms with Crippen molar-refractivity contribution >= 4 is 21.0 Å². The van der Waals surface area contributed by atoms with Gasteiger partial charge < -0.3 is 4.57 Å². The molecule has 3 aromatic rings. The molecule has 4 nitrogen and oxygen atoms in total. The quantitative estimate of drug-likeness (QED) is 0.672. The number of para-hydroxylation sites is 1. The van der Waals surface area contributed by atoms with Gasteiger partial charge in [-0.05, 0) is 43.5 Å². The molecule has 25 heavy (non-hydrogen) atoms. The molecule has 130 valence electrons. The Kier molecular flexibility index (Phi) is 3.93. The molecule has 2 aromatic carbocycles. The Morgan fingerprint density at radius 2 is 1.80 bits per heavy atom. The Morgan fingerprint density at radius 3 is 2.56 bits per heavy atom. The number of benzene rings is 2. The molecule has 0 aliphatic heterocycles. The van der Waals surface area contributed by atoms with Crippen LogP contribution in [0.5, 0.6) is 0 Å². The first-order valence-electron chi connectivity index (χ1n) is 8.51. The lowest BCUT2D eigenvalue weighted by atomic mass is 9.93. The number of aryl methyl sites for hydroxylation is 2. The normalized spacial score (nSPS) is 17.6. The van der Waals surface area contributed by atoms with Crippen LogP contribution in [-0.4, -0.2) is 19.1 Å². The predicted octanol–water partition coefficient (Wildman–Crippen LogP) is 3.75. The lowest BCUT2D eigenvalue weighted by molar-refractivity contribution is 0.191. The van der Waals surface area contributed by atoms with Crippen LogP contribution in [0.25, 0.3) is 10.9 Å². The van der Waals surface area contributed by atoms with E-state index in [1.165, 1.54) is 22.2 Å². The first-order chi connectivity index (χ1) is 12.0. The second-order valence-electron chi connectivity index (χ2n) is 6.73. The zero-order valence-corrected chi connectivity index (χ0v) is 15.2. The molecule has 1 unspecified atom stereocenters. The van der Waals surface area contributed by atoms with E-state index in [0.29, 0.717) is 12.8 Å². The summed E-state index contributed by atoms with van der Waals surface area (Å²) in [7, 11) is -1.66. The Labute approximate surface area is 148 Å². The molecule has 0 saturated carbocycles. The average Bonchev–Trinajstić information content (AvgIpc) is 2.88. The van der Waals surface area contributed by atoms with Crippen LogP contribution in [0.4, 0.5) is 0 Å². The van der Waals surface area contributed by atoms with Crippen LogP contribution >= 0.6 is 0 Å². The van der Waals surface area contributed by atoms with Crippen molar-refractivity contribution in [3.63, 3.8) is 0 Å². The van der Waals surface area contributed by atoms with Crippen molar-refractivity contribution in [2.45, 2.75) is 37.2 Å². The summed E-state index contributed by atoms with van der Waals surface area (Å²) >= 11 is 0. The smallest absolute Gasteiger partial charge is 0.297 e. The molecule has 1 heterocycles. The van der Waals surface area contributed by atoms with Crippen LogP contribution in [0, 0.1) is 6.92 Å². The molecule has 5 heteroatoms. The summed E-state index contributed by atoms with van der Waals surface area (Å²) in [6, 6.07) is 15.1. The summed E-state index contributed by atoms with van der Waals surface area (Å²) < 4.78 is 32.9. The second kappa shape index (κ2) is 6.00. The fraction of sp³-hybridized carbons (Fsp3) is 0.300. The summed E-state index contributed by atoms with van der Waals surface area (Å²) in [5.41, 5.74) is 4.72. The number of hydrogen-bond donors (Lipinski definition) is 0. The monoisotopic (exact) mass is 355 g/mol. The van der Waals surface area contributed by atoms with Gasteiger partial charge in [0.2, 0.25) is 0 Å². The van der Waals surface area contributed by atoms with E-state index in [1.807, 2.05) is 19.1 Å². The molecular formula is C20H21NO3S. The maximum absolute atomic E-state index is 12.6. The average molecular weight is 355 g/mol. The van der Waals surface area contributed by atoms with Gasteiger partial charge in [0.15, 0.2) is 0 Å². The van der Waals surface area contributed by atoms with Gasteiger partial charge in [-0.3, -0.25) is 4.18 Å². The summed E-state index contributed by atoms with van der Waals surface area (Å²) in [5, 5.41) is 1.20. The minimum absolute atomic E-state index is 0.224. The van der Waals surface area contributed by atoms with Crippen molar-refractivity contribution in [1.29, 1.82) is 0 Å². The topological polar surface area (TPSA) is 48.3 Å². The van der Waals surface area contributed by atoms with E-state index < -0.39 is 10.1 Å². The highest BCUT2D eigenvalue weighted by Crippen LogP contribution is 2.33. The summed E-state index contributed by atoms with van der Waals surface area (Å²) in [6.07, 6.45) is 1.85. The molecule has 0 amide bonds. The number of nitrogens with zero attached hydrogens (tertiary/aromatic N) is 1. The predicted molar refractivity (Wildman–Crippen MR) is 98.2 cm³/mol. The van der Waals surface area contributed by atoms with Gasteiger partial charge in [0.05, 0.1) is 11.0 Å². The molecule has 0 spiro atoms. The first-order valence-corrected chi connectivity index (χ1v) is 9.91. The van der Waals surface area contributed by atoms with Crippen LogP contribution in [0.1, 0.15) is 23.2 Å². The van der Waals surface area contributed by atoms with Crippen molar-refractivity contribution in [3.05, 3.63) is 65.4 Å². The van der Waals surface area contributed by atoms with Crippen molar-refractivity contribution < 1.29 is 12.6 Å². The highest BCUT2D eigenvalue weighted by molar-refractivity contribution is 7.86. The third-order valence-corrected chi connectivity index (χ3v) is 6.43. The van der Waals surface area contributed by atoms with E-state index in [1.54, 1.807) is 24.3 Å². The van der Waals surface area contributed by atoms with E-state index in [-0.39, 0.29) is 11.0 Å². The van der Waals surface area contributed by atoms with Crippen LogP contribution in [0.3, 0.4) is 0 Å². The minimum Gasteiger partial charge on any atom is -0.347 e.